The van der Waals surface area contributed by atoms with Crippen LogP contribution in [-0.4, -0.2) is 24.1 Å². The predicted octanol–water partition coefficient (Wildman–Crippen LogP) is 0.491. The summed E-state index contributed by atoms with van der Waals surface area (Å²) >= 11 is 0. The smallest absolute Gasteiger partial charge is 0.128 e. The van der Waals surface area contributed by atoms with Gasteiger partial charge in [0.2, 0.25) is 0 Å². The highest BCUT2D eigenvalue weighted by atomic mass is 15.2. The van der Waals surface area contributed by atoms with E-state index >= 15 is 0 Å². The molecule has 1 aliphatic rings. The van der Waals surface area contributed by atoms with Crippen molar-refractivity contribution in [2.45, 2.75) is 12.5 Å². The van der Waals surface area contributed by atoms with Crippen LogP contribution in [0, 0.1) is 11.3 Å². The highest BCUT2D eigenvalue weighted by molar-refractivity contribution is 5.43. The van der Waals surface area contributed by atoms with Crippen molar-refractivity contribution >= 4 is 5.82 Å². The van der Waals surface area contributed by atoms with Crippen molar-refractivity contribution < 1.29 is 0 Å². The van der Waals surface area contributed by atoms with Crippen molar-refractivity contribution in [3.05, 3.63) is 23.9 Å². The quantitative estimate of drug-likeness (QED) is 0.696. The van der Waals surface area contributed by atoms with Gasteiger partial charge >= 0.3 is 0 Å². The fourth-order valence-electron chi connectivity index (χ4n) is 1.63. The Bertz CT molecular complexity index is 351. The summed E-state index contributed by atoms with van der Waals surface area (Å²) in [4.78, 5) is 6.36. The topological polar surface area (TPSA) is 65.9 Å². The summed E-state index contributed by atoms with van der Waals surface area (Å²) in [6.45, 7) is 1.82. The Kier molecular flexibility index (Phi) is 2.33. The van der Waals surface area contributed by atoms with E-state index < -0.39 is 0 Å². The molecule has 2 rings (SSSR count). The molecule has 1 atom stereocenters. The van der Waals surface area contributed by atoms with Gasteiger partial charge in [0.25, 0.3) is 0 Å². The third-order valence-electron chi connectivity index (χ3n) is 2.43. The molecule has 0 radical (unpaired) electrons. The summed E-state index contributed by atoms with van der Waals surface area (Å²) < 4.78 is 0. The van der Waals surface area contributed by atoms with Gasteiger partial charge in [0.1, 0.15) is 11.9 Å². The van der Waals surface area contributed by atoms with E-state index in [0.29, 0.717) is 5.56 Å². The lowest BCUT2D eigenvalue weighted by Crippen LogP contribution is -2.26. The Morgan fingerprint density at radius 3 is 2.93 bits per heavy atom. The highest BCUT2D eigenvalue weighted by Gasteiger charge is 2.19. The third kappa shape index (κ3) is 1.68. The van der Waals surface area contributed by atoms with Crippen LogP contribution in [0.5, 0.6) is 0 Å². The van der Waals surface area contributed by atoms with E-state index in [1.165, 1.54) is 0 Å². The van der Waals surface area contributed by atoms with Crippen molar-refractivity contribution in [1.29, 1.82) is 5.26 Å². The first-order chi connectivity index (χ1) is 6.79. The van der Waals surface area contributed by atoms with Gasteiger partial charge in [-0.1, -0.05) is 0 Å². The molecule has 1 fully saturated rings. The van der Waals surface area contributed by atoms with Crippen molar-refractivity contribution in [1.82, 2.24) is 4.98 Å². The predicted molar refractivity (Wildman–Crippen MR) is 53.8 cm³/mol. The molecule has 1 aromatic rings. The zero-order valence-corrected chi connectivity index (χ0v) is 7.85. The molecule has 0 aromatic carbocycles. The molecule has 0 unspecified atom stereocenters. The Morgan fingerprint density at radius 2 is 2.43 bits per heavy atom. The van der Waals surface area contributed by atoms with Gasteiger partial charge in [0.05, 0.1) is 5.56 Å². The fraction of sp³-hybridized carbons (Fsp3) is 0.400. The molecule has 72 valence electrons. The van der Waals surface area contributed by atoms with Crippen LogP contribution in [0.4, 0.5) is 5.82 Å². The summed E-state index contributed by atoms with van der Waals surface area (Å²) in [6.07, 6.45) is 2.61. The maximum absolute atomic E-state index is 8.61. The molecule has 1 aliphatic heterocycles. The molecular weight excluding hydrogens is 176 g/mol. The van der Waals surface area contributed by atoms with Gasteiger partial charge in [0, 0.05) is 25.3 Å². The summed E-state index contributed by atoms with van der Waals surface area (Å²) in [5.74, 6) is 0.914. The van der Waals surface area contributed by atoms with Crippen LogP contribution in [0.15, 0.2) is 18.3 Å². The maximum Gasteiger partial charge on any atom is 0.128 e. The molecule has 4 nitrogen and oxygen atoms in total. The highest BCUT2D eigenvalue weighted by Crippen LogP contribution is 2.16. The van der Waals surface area contributed by atoms with Crippen molar-refractivity contribution in [2.24, 2.45) is 5.73 Å². The number of hydrogen-bond donors (Lipinski definition) is 1. The first-order valence-electron chi connectivity index (χ1n) is 4.66. The molecule has 1 saturated heterocycles. The zero-order valence-electron chi connectivity index (χ0n) is 7.85. The average Bonchev–Trinajstić information content (AvgIpc) is 2.65. The van der Waals surface area contributed by atoms with Gasteiger partial charge in [-0.15, -0.1) is 0 Å². The first kappa shape index (κ1) is 8.97. The van der Waals surface area contributed by atoms with Crippen LogP contribution in [-0.2, 0) is 0 Å². The van der Waals surface area contributed by atoms with Gasteiger partial charge in [-0.25, -0.2) is 4.98 Å². The lowest BCUT2D eigenvalue weighted by Gasteiger charge is -2.16. The lowest BCUT2D eigenvalue weighted by atomic mass is 10.3. The summed E-state index contributed by atoms with van der Waals surface area (Å²) in [5, 5.41) is 8.61. The van der Waals surface area contributed by atoms with E-state index in [1.807, 2.05) is 12.1 Å². The normalized spacial score (nSPS) is 20.9. The van der Waals surface area contributed by atoms with Crippen LogP contribution in [0.3, 0.4) is 0 Å². The van der Waals surface area contributed by atoms with Crippen LogP contribution >= 0.6 is 0 Å². The summed E-state index contributed by atoms with van der Waals surface area (Å²) in [6, 6.07) is 5.96. The molecule has 0 spiro atoms. The molecule has 0 amide bonds. The summed E-state index contributed by atoms with van der Waals surface area (Å²) in [7, 11) is 0. The number of nitrogens with zero attached hydrogens (tertiary/aromatic N) is 3. The first-order valence-corrected chi connectivity index (χ1v) is 4.66. The maximum atomic E-state index is 8.61. The van der Waals surface area contributed by atoms with Crippen molar-refractivity contribution in [3.63, 3.8) is 0 Å². The van der Waals surface area contributed by atoms with Gasteiger partial charge in [-0.05, 0) is 18.6 Å². The number of nitrogens with two attached hydrogens (primary N) is 1. The summed E-state index contributed by atoms with van der Waals surface area (Å²) in [5.41, 5.74) is 6.39. The number of pyridine rings is 1. The minimum absolute atomic E-state index is 0.257. The van der Waals surface area contributed by atoms with E-state index in [9.17, 15) is 0 Å². The van der Waals surface area contributed by atoms with Crippen LogP contribution in [0.25, 0.3) is 0 Å². The largest absolute Gasteiger partial charge is 0.355 e. The molecule has 2 heterocycles. The number of hydrogen-bond acceptors (Lipinski definition) is 4. The lowest BCUT2D eigenvalue weighted by molar-refractivity contribution is 0.751. The van der Waals surface area contributed by atoms with E-state index in [-0.39, 0.29) is 6.04 Å². The Balaban J connectivity index is 2.14. The Hall–Kier alpha value is -1.60. The molecule has 0 aliphatic carbocycles. The van der Waals surface area contributed by atoms with E-state index in [4.69, 9.17) is 11.0 Å². The van der Waals surface area contributed by atoms with Gasteiger partial charge in [0.15, 0.2) is 0 Å². The number of anilines is 1. The van der Waals surface area contributed by atoms with Crippen LogP contribution < -0.4 is 10.6 Å². The molecule has 4 heteroatoms. The number of aromatic nitrogens is 1. The van der Waals surface area contributed by atoms with Gasteiger partial charge in [-0.2, -0.15) is 5.26 Å². The van der Waals surface area contributed by atoms with Crippen molar-refractivity contribution in [3.8, 4) is 6.07 Å². The SMILES string of the molecule is N#Cc1ccc(N2CC[C@@H](N)C2)nc1. The van der Waals surface area contributed by atoms with Crippen LogP contribution in [0.2, 0.25) is 0 Å². The minimum atomic E-state index is 0.257. The average molecular weight is 188 g/mol. The fourth-order valence-corrected chi connectivity index (χ4v) is 1.63. The van der Waals surface area contributed by atoms with Crippen LogP contribution in [0.1, 0.15) is 12.0 Å². The molecule has 0 saturated carbocycles. The number of rotatable bonds is 1. The molecule has 14 heavy (non-hydrogen) atoms. The number of nitriles is 1. The van der Waals surface area contributed by atoms with E-state index in [0.717, 1.165) is 25.3 Å². The molecule has 2 N–H and O–H groups in total. The second-order valence-corrected chi connectivity index (χ2v) is 3.51. The third-order valence-corrected chi connectivity index (χ3v) is 2.43. The van der Waals surface area contributed by atoms with Gasteiger partial charge in [-0.3, -0.25) is 0 Å². The monoisotopic (exact) mass is 188 g/mol. The standard InChI is InChI=1S/C10H12N4/c11-5-8-1-2-10(13-6-8)14-4-3-9(12)7-14/h1-2,6,9H,3-4,7,12H2/t9-/m1/s1. The zero-order chi connectivity index (χ0) is 9.97. The second-order valence-electron chi connectivity index (χ2n) is 3.51. The van der Waals surface area contributed by atoms with E-state index in [2.05, 4.69) is 9.88 Å². The van der Waals surface area contributed by atoms with E-state index in [1.54, 1.807) is 12.3 Å². The Labute approximate surface area is 83.0 Å². The second kappa shape index (κ2) is 3.64. The molecular formula is C10H12N4. The minimum Gasteiger partial charge on any atom is -0.355 e. The van der Waals surface area contributed by atoms with Crippen molar-refractivity contribution in [2.75, 3.05) is 18.0 Å². The molecule has 1 aromatic heterocycles. The molecule has 0 bridgehead atoms. The van der Waals surface area contributed by atoms with Gasteiger partial charge < -0.3 is 10.6 Å². The Morgan fingerprint density at radius 1 is 1.57 bits per heavy atom.